The van der Waals surface area contributed by atoms with E-state index in [9.17, 15) is 24.4 Å². The molecule has 0 aromatic heterocycles. The number of nitrogens with zero attached hydrogens (tertiary/aromatic N) is 3. The van der Waals surface area contributed by atoms with E-state index in [1.54, 1.807) is 32.2 Å². The maximum atomic E-state index is 13.0. The normalized spacial score (nSPS) is 16.6. The van der Waals surface area contributed by atoms with Gasteiger partial charge in [0, 0.05) is 7.05 Å². The van der Waals surface area contributed by atoms with Crippen molar-refractivity contribution in [2.24, 2.45) is 0 Å². The van der Waals surface area contributed by atoms with Crippen LogP contribution >= 0.6 is 0 Å². The zero-order chi connectivity index (χ0) is 24.5. The monoisotopic (exact) mass is 459 g/mol. The standard InChI is InChI=1S/C26H25N3O5/c1-17-8-4-5-9-21(17)29-23(31)19-11-10-18(14-20(19)24(29)32)25(33)34-15-22(30)28(2)26(16-27)12-6-3-7-13-26/h4-5,8-11,14H,3,6-7,12-13,15H2,1-2H3. The molecule has 2 aliphatic rings. The molecule has 1 aliphatic carbocycles. The van der Waals surface area contributed by atoms with E-state index in [1.165, 1.54) is 23.1 Å². The van der Waals surface area contributed by atoms with Crippen LogP contribution in [0.2, 0.25) is 0 Å². The Morgan fingerprint density at radius 2 is 1.74 bits per heavy atom. The van der Waals surface area contributed by atoms with Crippen LogP contribution in [0.3, 0.4) is 0 Å². The number of anilines is 1. The zero-order valence-electron chi connectivity index (χ0n) is 19.2. The van der Waals surface area contributed by atoms with Gasteiger partial charge in [-0.2, -0.15) is 5.26 Å². The molecule has 0 N–H and O–H groups in total. The fourth-order valence-corrected chi connectivity index (χ4v) is 4.61. The van der Waals surface area contributed by atoms with Crippen molar-refractivity contribution in [1.29, 1.82) is 5.26 Å². The number of nitriles is 1. The molecule has 0 unspecified atom stereocenters. The SMILES string of the molecule is Cc1ccccc1N1C(=O)c2ccc(C(=O)OCC(=O)N(C)C3(C#N)CCCCC3)cc2C1=O. The van der Waals surface area contributed by atoms with Gasteiger partial charge in [-0.25, -0.2) is 9.69 Å². The van der Waals surface area contributed by atoms with Gasteiger partial charge in [0.2, 0.25) is 0 Å². The van der Waals surface area contributed by atoms with Gasteiger partial charge in [0.25, 0.3) is 17.7 Å². The summed E-state index contributed by atoms with van der Waals surface area (Å²) in [6, 6.07) is 13.5. The fraction of sp³-hybridized carbons (Fsp3) is 0.346. The van der Waals surface area contributed by atoms with Gasteiger partial charge in [0.1, 0.15) is 5.54 Å². The van der Waals surface area contributed by atoms with Crippen molar-refractivity contribution in [3.8, 4) is 6.07 Å². The number of likely N-dealkylation sites (N-methyl/N-ethyl adjacent to an activating group) is 1. The van der Waals surface area contributed by atoms with Crippen LogP contribution in [0.15, 0.2) is 42.5 Å². The Bertz CT molecular complexity index is 1220. The molecule has 8 heteroatoms. The number of imide groups is 1. The topological polar surface area (TPSA) is 108 Å². The lowest BCUT2D eigenvalue weighted by Crippen LogP contribution is -2.51. The van der Waals surface area contributed by atoms with Gasteiger partial charge < -0.3 is 9.64 Å². The van der Waals surface area contributed by atoms with Crippen LogP contribution in [0.4, 0.5) is 5.69 Å². The maximum Gasteiger partial charge on any atom is 0.338 e. The summed E-state index contributed by atoms with van der Waals surface area (Å²) in [6.07, 6.45) is 3.95. The number of hydrogen-bond donors (Lipinski definition) is 0. The summed E-state index contributed by atoms with van der Waals surface area (Å²) < 4.78 is 5.19. The minimum atomic E-state index is -0.874. The van der Waals surface area contributed by atoms with E-state index in [-0.39, 0.29) is 16.7 Å². The van der Waals surface area contributed by atoms with E-state index in [2.05, 4.69) is 6.07 Å². The predicted octanol–water partition coefficient (Wildman–Crippen LogP) is 3.64. The molecule has 1 fully saturated rings. The first-order chi connectivity index (χ1) is 16.3. The van der Waals surface area contributed by atoms with E-state index in [0.717, 1.165) is 29.7 Å². The van der Waals surface area contributed by atoms with Crippen LogP contribution in [0, 0.1) is 18.3 Å². The Morgan fingerprint density at radius 1 is 1.06 bits per heavy atom. The Balaban J connectivity index is 1.47. The van der Waals surface area contributed by atoms with Gasteiger partial charge in [-0.15, -0.1) is 0 Å². The van der Waals surface area contributed by atoms with Gasteiger partial charge in [0.15, 0.2) is 6.61 Å². The zero-order valence-corrected chi connectivity index (χ0v) is 19.2. The summed E-state index contributed by atoms with van der Waals surface area (Å²) >= 11 is 0. The van der Waals surface area contributed by atoms with Gasteiger partial charge in [0.05, 0.1) is 28.4 Å². The Kier molecular flexibility index (Phi) is 6.20. The van der Waals surface area contributed by atoms with E-state index < -0.39 is 35.8 Å². The summed E-state index contributed by atoms with van der Waals surface area (Å²) in [4.78, 5) is 53.6. The molecule has 0 bridgehead atoms. The third-order valence-corrected chi connectivity index (χ3v) is 6.71. The number of hydrogen-bond acceptors (Lipinski definition) is 6. The van der Waals surface area contributed by atoms with Crippen LogP contribution in [0.5, 0.6) is 0 Å². The number of benzene rings is 2. The number of carbonyl (C=O) groups excluding carboxylic acids is 4. The number of aryl methyl sites for hydroxylation is 1. The molecule has 8 nitrogen and oxygen atoms in total. The molecule has 2 aromatic rings. The Hall–Kier alpha value is -3.99. The maximum absolute atomic E-state index is 13.0. The fourth-order valence-electron chi connectivity index (χ4n) is 4.61. The average Bonchev–Trinajstić information content (AvgIpc) is 3.11. The summed E-state index contributed by atoms with van der Waals surface area (Å²) in [5, 5.41) is 9.66. The van der Waals surface area contributed by atoms with Crippen LogP contribution in [-0.4, -0.2) is 47.8 Å². The van der Waals surface area contributed by atoms with E-state index in [1.807, 2.05) is 6.07 Å². The second-order valence-corrected chi connectivity index (χ2v) is 8.73. The molecular formula is C26H25N3O5. The first-order valence-corrected chi connectivity index (χ1v) is 11.2. The minimum Gasteiger partial charge on any atom is -0.452 e. The van der Waals surface area contributed by atoms with Gasteiger partial charge in [-0.05, 0) is 49.6 Å². The van der Waals surface area contributed by atoms with Crippen molar-refractivity contribution in [1.82, 2.24) is 4.90 Å². The molecule has 0 saturated heterocycles. The number of rotatable bonds is 5. The second-order valence-electron chi connectivity index (χ2n) is 8.73. The van der Waals surface area contributed by atoms with Crippen LogP contribution in [-0.2, 0) is 9.53 Å². The summed E-state index contributed by atoms with van der Waals surface area (Å²) in [7, 11) is 1.56. The van der Waals surface area contributed by atoms with E-state index in [0.29, 0.717) is 18.5 Å². The van der Waals surface area contributed by atoms with Gasteiger partial charge in [-0.1, -0.05) is 37.5 Å². The number of ether oxygens (including phenoxy) is 1. The third kappa shape index (κ3) is 3.94. The van der Waals surface area contributed by atoms with Crippen molar-refractivity contribution in [3.05, 3.63) is 64.7 Å². The molecule has 2 aromatic carbocycles. The molecule has 1 aliphatic heterocycles. The van der Waals surface area contributed by atoms with Crippen molar-refractivity contribution in [3.63, 3.8) is 0 Å². The summed E-state index contributed by atoms with van der Waals surface area (Å²) in [5.74, 6) is -2.22. The second kappa shape index (κ2) is 9.10. The molecule has 0 radical (unpaired) electrons. The summed E-state index contributed by atoms with van der Waals surface area (Å²) in [5.41, 5.74) is 0.759. The Labute approximate surface area is 197 Å². The Morgan fingerprint density at radius 3 is 2.41 bits per heavy atom. The first-order valence-electron chi connectivity index (χ1n) is 11.2. The molecule has 1 saturated carbocycles. The smallest absolute Gasteiger partial charge is 0.338 e. The van der Waals surface area contributed by atoms with E-state index >= 15 is 0 Å². The number of fused-ring (bicyclic) bond motifs is 1. The predicted molar refractivity (Wildman–Crippen MR) is 123 cm³/mol. The van der Waals surface area contributed by atoms with Crippen molar-refractivity contribution in [2.75, 3.05) is 18.6 Å². The number of para-hydroxylation sites is 1. The first kappa shape index (κ1) is 23.2. The van der Waals surface area contributed by atoms with Crippen LogP contribution in [0.25, 0.3) is 0 Å². The van der Waals surface area contributed by atoms with Gasteiger partial charge in [-0.3, -0.25) is 14.4 Å². The molecule has 3 amide bonds. The number of esters is 1. The lowest BCUT2D eigenvalue weighted by Gasteiger charge is -2.38. The highest BCUT2D eigenvalue weighted by atomic mass is 16.5. The lowest BCUT2D eigenvalue weighted by molar-refractivity contribution is -0.138. The van der Waals surface area contributed by atoms with Crippen molar-refractivity contribution < 1.29 is 23.9 Å². The largest absolute Gasteiger partial charge is 0.452 e. The van der Waals surface area contributed by atoms with Crippen molar-refractivity contribution in [2.45, 2.75) is 44.6 Å². The average molecular weight is 460 g/mol. The van der Waals surface area contributed by atoms with Crippen LogP contribution in [0.1, 0.15) is 68.7 Å². The highest BCUT2D eigenvalue weighted by Gasteiger charge is 2.40. The molecule has 34 heavy (non-hydrogen) atoms. The highest BCUT2D eigenvalue weighted by molar-refractivity contribution is 6.34. The molecule has 4 rings (SSSR count). The number of amides is 3. The third-order valence-electron chi connectivity index (χ3n) is 6.71. The number of carbonyl (C=O) groups is 4. The summed E-state index contributed by atoms with van der Waals surface area (Å²) in [6.45, 7) is 1.29. The molecule has 0 spiro atoms. The minimum absolute atomic E-state index is 0.0645. The quantitative estimate of drug-likeness (QED) is 0.499. The molecule has 174 valence electrons. The molecular weight excluding hydrogens is 434 g/mol. The highest BCUT2D eigenvalue weighted by Crippen LogP contribution is 2.33. The van der Waals surface area contributed by atoms with Gasteiger partial charge >= 0.3 is 5.97 Å². The lowest BCUT2D eigenvalue weighted by atomic mass is 9.81. The van der Waals surface area contributed by atoms with Crippen molar-refractivity contribution >= 4 is 29.4 Å². The van der Waals surface area contributed by atoms with Crippen LogP contribution < -0.4 is 4.90 Å². The molecule has 0 atom stereocenters. The molecule has 1 heterocycles. The van der Waals surface area contributed by atoms with E-state index in [4.69, 9.17) is 4.74 Å².